The Morgan fingerprint density at radius 2 is 1.62 bits per heavy atom. The lowest BCUT2D eigenvalue weighted by Gasteiger charge is -2.23. The van der Waals surface area contributed by atoms with E-state index >= 15 is 0 Å². The summed E-state index contributed by atoms with van der Waals surface area (Å²) in [6, 6.07) is 14.7. The minimum Gasteiger partial charge on any atom is -0.481 e. The van der Waals surface area contributed by atoms with Crippen LogP contribution in [0.3, 0.4) is 0 Å². The molecule has 0 aromatic heterocycles. The number of sulfonamides is 1. The molecule has 0 aliphatic heterocycles. The molecule has 7 heteroatoms. The van der Waals surface area contributed by atoms with Crippen molar-refractivity contribution < 1.29 is 17.9 Å². The summed E-state index contributed by atoms with van der Waals surface area (Å²) in [4.78, 5) is 12.8. The zero-order chi connectivity index (χ0) is 21.6. The van der Waals surface area contributed by atoms with Gasteiger partial charge in [0.25, 0.3) is 5.91 Å². The first-order valence-electron chi connectivity index (χ1n) is 9.73. The van der Waals surface area contributed by atoms with E-state index in [9.17, 15) is 13.2 Å². The topological polar surface area (TPSA) is 75.7 Å². The highest BCUT2D eigenvalue weighted by molar-refractivity contribution is 7.92. The van der Waals surface area contributed by atoms with Crippen LogP contribution in [0, 0.1) is 6.92 Å². The van der Waals surface area contributed by atoms with Crippen LogP contribution in [0.15, 0.2) is 48.5 Å². The first kappa shape index (κ1) is 22.7. The van der Waals surface area contributed by atoms with Crippen molar-refractivity contribution in [1.82, 2.24) is 5.32 Å². The Labute approximate surface area is 173 Å². The maximum atomic E-state index is 12.8. The zero-order valence-corrected chi connectivity index (χ0v) is 18.5. The van der Waals surface area contributed by atoms with Gasteiger partial charge in [-0.25, -0.2) is 8.42 Å². The molecule has 1 amide bonds. The highest BCUT2D eigenvalue weighted by atomic mass is 32.2. The molecule has 2 aromatic carbocycles. The summed E-state index contributed by atoms with van der Waals surface area (Å²) in [6.07, 6.45) is 1.80. The summed E-state index contributed by atoms with van der Waals surface area (Å²) >= 11 is 0. The van der Waals surface area contributed by atoms with Crippen molar-refractivity contribution in [2.75, 3.05) is 17.6 Å². The van der Waals surface area contributed by atoms with Gasteiger partial charge in [-0.05, 0) is 49.6 Å². The monoisotopic (exact) mass is 418 g/mol. The van der Waals surface area contributed by atoms with Crippen LogP contribution in [0.25, 0.3) is 0 Å². The Morgan fingerprint density at radius 3 is 2.10 bits per heavy atom. The van der Waals surface area contributed by atoms with Crippen molar-refractivity contribution in [1.29, 1.82) is 0 Å². The molecule has 2 aromatic rings. The smallest absolute Gasteiger partial charge is 0.261 e. The van der Waals surface area contributed by atoms with Crippen LogP contribution >= 0.6 is 0 Å². The lowest BCUT2D eigenvalue weighted by atomic mass is 10.0. The Balaban J connectivity index is 2.06. The largest absolute Gasteiger partial charge is 0.481 e. The van der Waals surface area contributed by atoms with Gasteiger partial charge >= 0.3 is 0 Å². The molecule has 0 heterocycles. The van der Waals surface area contributed by atoms with E-state index in [1.165, 1.54) is 16.9 Å². The number of nitrogens with one attached hydrogen (secondary N) is 1. The molecule has 0 spiro atoms. The van der Waals surface area contributed by atoms with Crippen LogP contribution in [0.4, 0.5) is 5.69 Å². The molecule has 2 atom stereocenters. The van der Waals surface area contributed by atoms with Crippen LogP contribution in [0.5, 0.6) is 5.75 Å². The fourth-order valence-electron chi connectivity index (χ4n) is 2.90. The molecule has 1 N–H and O–H groups in total. The number of carbonyl (C=O) groups excluding carboxylic acids is 1. The van der Waals surface area contributed by atoms with Crippen molar-refractivity contribution in [3.05, 3.63) is 59.7 Å². The van der Waals surface area contributed by atoms with Crippen LogP contribution in [0.2, 0.25) is 0 Å². The van der Waals surface area contributed by atoms with E-state index in [2.05, 4.69) is 5.32 Å². The van der Waals surface area contributed by atoms with Crippen molar-refractivity contribution in [3.63, 3.8) is 0 Å². The molecule has 0 aliphatic rings. The molecule has 2 rings (SSSR count). The fourth-order valence-corrected chi connectivity index (χ4v) is 3.40. The van der Waals surface area contributed by atoms with E-state index in [0.717, 1.165) is 18.2 Å². The van der Waals surface area contributed by atoms with Gasteiger partial charge in [0.1, 0.15) is 5.75 Å². The number of carbonyl (C=O) groups is 1. The number of ether oxygens (including phenoxy) is 1. The molecule has 29 heavy (non-hydrogen) atoms. The second-order valence-corrected chi connectivity index (χ2v) is 9.13. The van der Waals surface area contributed by atoms with Crippen molar-refractivity contribution in [3.8, 4) is 5.75 Å². The van der Waals surface area contributed by atoms with Gasteiger partial charge in [0, 0.05) is 7.05 Å². The number of aryl methyl sites for hydroxylation is 1. The van der Waals surface area contributed by atoms with Gasteiger partial charge in [-0.3, -0.25) is 9.10 Å². The Bertz CT molecular complexity index is 909. The third kappa shape index (κ3) is 6.22. The van der Waals surface area contributed by atoms with E-state index in [1.54, 1.807) is 24.3 Å². The number of hydrogen-bond donors (Lipinski definition) is 1. The SMILES string of the molecule is CC[C@H](NC(=O)[C@@H](CC)Oc1ccc(N(C)S(C)(=O)=O)cc1)c1ccc(C)cc1. The maximum absolute atomic E-state index is 12.8. The number of rotatable bonds is 9. The number of amides is 1. The lowest BCUT2D eigenvalue weighted by Crippen LogP contribution is -2.39. The van der Waals surface area contributed by atoms with Crippen LogP contribution in [-0.2, 0) is 14.8 Å². The van der Waals surface area contributed by atoms with Gasteiger partial charge in [0.15, 0.2) is 6.10 Å². The molecule has 0 unspecified atom stereocenters. The summed E-state index contributed by atoms with van der Waals surface area (Å²) in [7, 11) is -1.84. The van der Waals surface area contributed by atoms with E-state index in [0.29, 0.717) is 17.9 Å². The Kier molecular flexibility index (Phi) is 7.67. The Hall–Kier alpha value is -2.54. The van der Waals surface area contributed by atoms with E-state index < -0.39 is 16.1 Å². The highest BCUT2D eigenvalue weighted by Crippen LogP contribution is 2.22. The minimum atomic E-state index is -3.33. The van der Waals surface area contributed by atoms with E-state index in [4.69, 9.17) is 4.74 Å². The summed E-state index contributed by atoms with van der Waals surface area (Å²) in [6.45, 7) is 5.95. The number of hydrogen-bond acceptors (Lipinski definition) is 4. The molecule has 0 fully saturated rings. The van der Waals surface area contributed by atoms with Gasteiger partial charge in [-0.2, -0.15) is 0 Å². The van der Waals surface area contributed by atoms with E-state index in [1.807, 2.05) is 45.0 Å². The predicted octanol–water partition coefficient (Wildman–Crippen LogP) is 3.82. The van der Waals surface area contributed by atoms with Crippen molar-refractivity contribution in [2.45, 2.75) is 45.8 Å². The molecule has 158 valence electrons. The maximum Gasteiger partial charge on any atom is 0.261 e. The molecular weight excluding hydrogens is 388 g/mol. The normalized spacial score (nSPS) is 13.4. The lowest BCUT2D eigenvalue weighted by molar-refractivity contribution is -0.128. The molecule has 0 saturated carbocycles. The molecule has 6 nitrogen and oxygen atoms in total. The fraction of sp³-hybridized carbons (Fsp3) is 0.409. The Morgan fingerprint density at radius 1 is 1.03 bits per heavy atom. The van der Waals surface area contributed by atoms with Crippen LogP contribution in [0.1, 0.15) is 43.9 Å². The van der Waals surface area contributed by atoms with Crippen molar-refractivity contribution >= 4 is 21.6 Å². The average Bonchev–Trinajstić information content (AvgIpc) is 2.70. The van der Waals surface area contributed by atoms with Gasteiger partial charge in [-0.1, -0.05) is 43.7 Å². The van der Waals surface area contributed by atoms with E-state index in [-0.39, 0.29) is 11.9 Å². The number of anilines is 1. The van der Waals surface area contributed by atoms with Crippen LogP contribution < -0.4 is 14.4 Å². The third-order valence-electron chi connectivity index (χ3n) is 4.84. The number of benzene rings is 2. The van der Waals surface area contributed by atoms with Gasteiger partial charge in [0.2, 0.25) is 10.0 Å². The molecule has 0 radical (unpaired) electrons. The molecular formula is C22H30N2O4S. The van der Waals surface area contributed by atoms with Gasteiger partial charge < -0.3 is 10.1 Å². The second kappa shape index (κ2) is 9.78. The summed E-state index contributed by atoms with van der Waals surface area (Å²) in [5, 5.41) is 3.07. The molecule has 0 bridgehead atoms. The van der Waals surface area contributed by atoms with Gasteiger partial charge in [-0.15, -0.1) is 0 Å². The molecule has 0 saturated heterocycles. The quantitative estimate of drug-likeness (QED) is 0.672. The minimum absolute atomic E-state index is 0.0773. The van der Waals surface area contributed by atoms with Crippen molar-refractivity contribution in [2.24, 2.45) is 0 Å². The predicted molar refractivity (Wildman–Crippen MR) is 117 cm³/mol. The summed E-state index contributed by atoms with van der Waals surface area (Å²) in [5.41, 5.74) is 2.77. The summed E-state index contributed by atoms with van der Waals surface area (Å²) < 4.78 is 30.3. The third-order valence-corrected chi connectivity index (χ3v) is 6.05. The first-order valence-corrected chi connectivity index (χ1v) is 11.6. The second-order valence-electron chi connectivity index (χ2n) is 7.12. The number of nitrogens with zero attached hydrogens (tertiary/aromatic N) is 1. The average molecular weight is 419 g/mol. The molecule has 0 aliphatic carbocycles. The van der Waals surface area contributed by atoms with Gasteiger partial charge in [0.05, 0.1) is 18.0 Å². The first-order chi connectivity index (χ1) is 13.7. The standard InChI is InChI=1S/C22H30N2O4S/c1-6-20(17-10-8-16(3)9-11-17)23-22(25)21(7-2)28-19-14-12-18(13-15-19)24(4)29(5,26)27/h8-15,20-21H,6-7H2,1-5H3,(H,23,25)/t20-,21+/m0/s1. The highest BCUT2D eigenvalue weighted by Gasteiger charge is 2.22. The van der Waals surface area contributed by atoms with Crippen LogP contribution in [-0.4, -0.2) is 33.7 Å². The zero-order valence-electron chi connectivity index (χ0n) is 17.7. The summed E-state index contributed by atoms with van der Waals surface area (Å²) in [5.74, 6) is 0.346.